The number of nitrogens with zero attached hydrogens (tertiary/aromatic N) is 2. The first kappa shape index (κ1) is 18.1. The summed E-state index contributed by atoms with van der Waals surface area (Å²) in [6.45, 7) is 7.01. The third-order valence-corrected chi connectivity index (χ3v) is 4.60. The number of halogens is 1. The molecule has 1 N–H and O–H groups in total. The summed E-state index contributed by atoms with van der Waals surface area (Å²) >= 11 is 3.43. The van der Waals surface area contributed by atoms with Crippen LogP contribution in [0.1, 0.15) is 40.1 Å². The molecule has 5 nitrogen and oxygen atoms in total. The van der Waals surface area contributed by atoms with E-state index >= 15 is 0 Å². The Morgan fingerprint density at radius 3 is 2.42 bits per heavy atom. The summed E-state index contributed by atoms with van der Waals surface area (Å²) in [5, 5.41) is 2.82. The van der Waals surface area contributed by atoms with Gasteiger partial charge in [0.05, 0.1) is 11.1 Å². The van der Waals surface area contributed by atoms with Gasteiger partial charge in [-0.2, -0.15) is 0 Å². The van der Waals surface area contributed by atoms with Crippen LogP contribution in [0.4, 0.5) is 5.69 Å². The van der Waals surface area contributed by atoms with Gasteiger partial charge in [-0.25, -0.2) is 0 Å². The fraction of sp³-hybridized carbons (Fsp3) is 0.278. The average Bonchev–Trinajstić information content (AvgIpc) is 2.59. The number of aryl methyl sites for hydroxylation is 1. The first-order valence-electron chi connectivity index (χ1n) is 7.78. The van der Waals surface area contributed by atoms with Gasteiger partial charge in [-0.1, -0.05) is 15.9 Å². The minimum Gasteiger partial charge on any atom is -0.339 e. The number of hydrogen-bond acceptors (Lipinski definition) is 3. The van der Waals surface area contributed by atoms with Crippen LogP contribution in [0.5, 0.6) is 0 Å². The first-order valence-corrected chi connectivity index (χ1v) is 8.57. The molecule has 2 amide bonds. The van der Waals surface area contributed by atoms with Crippen LogP contribution in [0.2, 0.25) is 0 Å². The third-order valence-electron chi connectivity index (χ3n) is 3.71. The maximum atomic E-state index is 12.4. The predicted octanol–water partition coefficient (Wildman–Crippen LogP) is 3.89. The van der Waals surface area contributed by atoms with Crippen molar-refractivity contribution in [3.63, 3.8) is 0 Å². The second-order valence-corrected chi connectivity index (χ2v) is 6.21. The minimum atomic E-state index is -0.293. The fourth-order valence-electron chi connectivity index (χ4n) is 2.30. The minimum absolute atomic E-state index is 0.123. The van der Waals surface area contributed by atoms with Crippen LogP contribution in [-0.4, -0.2) is 34.8 Å². The molecular formula is C18H20BrN3O2. The van der Waals surface area contributed by atoms with E-state index in [1.807, 2.05) is 39.0 Å². The van der Waals surface area contributed by atoms with Crippen molar-refractivity contribution in [2.45, 2.75) is 20.8 Å². The summed E-state index contributed by atoms with van der Waals surface area (Å²) in [5.74, 6) is -0.417. The zero-order valence-electron chi connectivity index (χ0n) is 14.0. The molecule has 0 aliphatic rings. The van der Waals surface area contributed by atoms with Gasteiger partial charge in [-0.3, -0.25) is 14.6 Å². The Balaban J connectivity index is 2.19. The van der Waals surface area contributed by atoms with Crippen molar-refractivity contribution < 1.29 is 9.59 Å². The van der Waals surface area contributed by atoms with Crippen molar-refractivity contribution in [3.05, 3.63) is 57.8 Å². The van der Waals surface area contributed by atoms with E-state index in [-0.39, 0.29) is 11.8 Å². The molecule has 0 atom stereocenters. The van der Waals surface area contributed by atoms with Crippen LogP contribution in [-0.2, 0) is 0 Å². The van der Waals surface area contributed by atoms with Gasteiger partial charge in [-0.05, 0) is 50.6 Å². The lowest BCUT2D eigenvalue weighted by Gasteiger charge is -2.18. The highest BCUT2D eigenvalue weighted by Gasteiger charge is 2.15. The van der Waals surface area contributed by atoms with E-state index in [1.54, 1.807) is 11.0 Å². The lowest BCUT2D eigenvalue weighted by molar-refractivity contribution is 0.0772. The molecule has 0 fully saturated rings. The molecule has 1 aromatic heterocycles. The molecule has 1 aromatic carbocycles. The van der Waals surface area contributed by atoms with Gasteiger partial charge < -0.3 is 10.2 Å². The zero-order chi connectivity index (χ0) is 17.7. The first-order chi connectivity index (χ1) is 11.5. The smallest absolute Gasteiger partial charge is 0.257 e. The quantitative estimate of drug-likeness (QED) is 0.843. The van der Waals surface area contributed by atoms with Crippen LogP contribution in [0.3, 0.4) is 0 Å². The number of nitrogens with one attached hydrogen (secondary N) is 1. The van der Waals surface area contributed by atoms with E-state index in [0.29, 0.717) is 29.9 Å². The number of rotatable bonds is 5. The van der Waals surface area contributed by atoms with Crippen LogP contribution >= 0.6 is 15.9 Å². The molecule has 0 bridgehead atoms. The van der Waals surface area contributed by atoms with Crippen molar-refractivity contribution in [2.24, 2.45) is 0 Å². The molecule has 0 saturated carbocycles. The zero-order valence-corrected chi connectivity index (χ0v) is 15.6. The Morgan fingerprint density at radius 2 is 1.79 bits per heavy atom. The van der Waals surface area contributed by atoms with Crippen molar-refractivity contribution in [3.8, 4) is 0 Å². The van der Waals surface area contributed by atoms with Gasteiger partial charge in [0, 0.05) is 35.6 Å². The lowest BCUT2D eigenvalue weighted by Crippen LogP contribution is -2.30. The highest BCUT2D eigenvalue weighted by molar-refractivity contribution is 9.10. The molecule has 24 heavy (non-hydrogen) atoms. The Bertz CT molecular complexity index is 758. The van der Waals surface area contributed by atoms with Crippen LogP contribution in [0.25, 0.3) is 0 Å². The second-order valence-electron chi connectivity index (χ2n) is 5.36. The van der Waals surface area contributed by atoms with Gasteiger partial charge in [0.15, 0.2) is 0 Å². The topological polar surface area (TPSA) is 62.3 Å². The summed E-state index contributed by atoms with van der Waals surface area (Å²) in [6, 6.07) is 7.14. The molecule has 0 radical (unpaired) electrons. The van der Waals surface area contributed by atoms with E-state index in [1.165, 1.54) is 12.4 Å². The van der Waals surface area contributed by atoms with Gasteiger partial charge in [0.1, 0.15) is 0 Å². The summed E-state index contributed by atoms with van der Waals surface area (Å²) in [4.78, 5) is 30.5. The van der Waals surface area contributed by atoms with Gasteiger partial charge in [0.25, 0.3) is 11.8 Å². The second kappa shape index (κ2) is 8.06. The van der Waals surface area contributed by atoms with Crippen molar-refractivity contribution >= 4 is 33.4 Å². The molecule has 1 heterocycles. The molecule has 2 aromatic rings. The monoisotopic (exact) mass is 389 g/mol. The Morgan fingerprint density at radius 1 is 1.12 bits per heavy atom. The Kier molecular flexibility index (Phi) is 6.09. The average molecular weight is 390 g/mol. The summed E-state index contributed by atoms with van der Waals surface area (Å²) in [5.41, 5.74) is 2.49. The summed E-state index contributed by atoms with van der Waals surface area (Å²) in [7, 11) is 0. The number of aromatic nitrogens is 1. The molecule has 0 aliphatic carbocycles. The molecule has 0 aliphatic heterocycles. The Hall–Kier alpha value is -2.21. The maximum Gasteiger partial charge on any atom is 0.257 e. The van der Waals surface area contributed by atoms with Gasteiger partial charge >= 0.3 is 0 Å². The van der Waals surface area contributed by atoms with Crippen LogP contribution in [0.15, 0.2) is 41.1 Å². The van der Waals surface area contributed by atoms with Crippen molar-refractivity contribution in [1.82, 2.24) is 9.88 Å². The predicted molar refractivity (Wildman–Crippen MR) is 98.3 cm³/mol. The largest absolute Gasteiger partial charge is 0.339 e. The van der Waals surface area contributed by atoms with E-state index in [9.17, 15) is 9.59 Å². The van der Waals surface area contributed by atoms with Crippen LogP contribution < -0.4 is 5.32 Å². The normalized spacial score (nSPS) is 10.3. The van der Waals surface area contributed by atoms with Crippen molar-refractivity contribution in [1.29, 1.82) is 0 Å². The molecule has 2 rings (SSSR count). The number of hydrogen-bond donors (Lipinski definition) is 1. The van der Waals surface area contributed by atoms with E-state index in [0.717, 1.165) is 10.0 Å². The highest BCUT2D eigenvalue weighted by atomic mass is 79.9. The number of carbonyl (C=O) groups is 2. The van der Waals surface area contributed by atoms with Gasteiger partial charge in [-0.15, -0.1) is 0 Å². The van der Waals surface area contributed by atoms with E-state index in [2.05, 4.69) is 26.2 Å². The fourth-order valence-corrected chi connectivity index (χ4v) is 2.55. The number of pyridine rings is 1. The lowest BCUT2D eigenvalue weighted by atomic mass is 10.1. The summed E-state index contributed by atoms with van der Waals surface area (Å²) < 4.78 is 0.981. The molecular weight excluding hydrogens is 370 g/mol. The molecule has 126 valence electrons. The molecule has 0 unspecified atom stereocenters. The number of carbonyl (C=O) groups excluding carboxylic acids is 2. The molecule has 6 heteroatoms. The highest BCUT2D eigenvalue weighted by Crippen LogP contribution is 2.20. The SMILES string of the molecule is CCN(CC)C(=O)c1cncc(C(=O)Nc2ccc(Br)c(C)c2)c1. The van der Waals surface area contributed by atoms with Gasteiger partial charge in [0.2, 0.25) is 0 Å². The van der Waals surface area contributed by atoms with E-state index in [4.69, 9.17) is 0 Å². The Labute approximate surface area is 150 Å². The van der Waals surface area contributed by atoms with Crippen LogP contribution in [0, 0.1) is 6.92 Å². The molecule has 0 spiro atoms. The number of benzene rings is 1. The number of amides is 2. The third kappa shape index (κ3) is 4.20. The summed E-state index contributed by atoms with van der Waals surface area (Å²) in [6.07, 6.45) is 2.95. The number of anilines is 1. The maximum absolute atomic E-state index is 12.4. The molecule has 0 saturated heterocycles. The van der Waals surface area contributed by atoms with Crippen molar-refractivity contribution in [2.75, 3.05) is 18.4 Å². The standard InChI is InChI=1S/C18H20BrN3O2/c1-4-22(5-2)18(24)14-9-13(10-20-11-14)17(23)21-15-6-7-16(19)12(3)8-15/h6-11H,4-5H2,1-3H3,(H,21,23). The van der Waals surface area contributed by atoms with E-state index < -0.39 is 0 Å².